The third-order valence-electron chi connectivity index (χ3n) is 4.20. The van der Waals surface area contributed by atoms with E-state index in [-0.39, 0.29) is 12.5 Å². The second-order valence-electron chi connectivity index (χ2n) is 5.99. The number of amides is 1. The molecule has 3 rings (SSSR count). The zero-order chi connectivity index (χ0) is 17.6. The monoisotopic (exact) mass is 375 g/mol. The summed E-state index contributed by atoms with van der Waals surface area (Å²) < 4.78 is 0. The molecule has 132 valence electrons. The van der Waals surface area contributed by atoms with Crippen molar-refractivity contribution >= 4 is 46.3 Å². The van der Waals surface area contributed by atoms with Crippen molar-refractivity contribution in [1.82, 2.24) is 0 Å². The molecule has 0 unspecified atom stereocenters. The van der Waals surface area contributed by atoms with E-state index in [1.807, 2.05) is 48.7 Å². The van der Waals surface area contributed by atoms with Gasteiger partial charge in [0.2, 0.25) is 5.91 Å². The lowest BCUT2D eigenvalue weighted by molar-refractivity contribution is -0.114. The van der Waals surface area contributed by atoms with Gasteiger partial charge in [0.1, 0.15) is 0 Å². The minimum atomic E-state index is -0.0781. The van der Waals surface area contributed by atoms with E-state index in [4.69, 9.17) is 11.6 Å². The molecule has 2 aromatic rings. The van der Waals surface area contributed by atoms with E-state index in [9.17, 15) is 4.79 Å². The number of halogens is 1. The number of nitrogens with zero attached hydrogens (tertiary/aromatic N) is 1. The lowest BCUT2D eigenvalue weighted by Gasteiger charge is -2.22. The molecule has 0 aromatic heterocycles. The van der Waals surface area contributed by atoms with Crippen molar-refractivity contribution in [2.45, 2.75) is 17.7 Å². The van der Waals surface area contributed by atoms with E-state index in [2.05, 4.69) is 15.5 Å². The molecule has 4 nitrogen and oxygen atoms in total. The van der Waals surface area contributed by atoms with Crippen LogP contribution in [0.25, 0.3) is 0 Å². The summed E-state index contributed by atoms with van der Waals surface area (Å²) in [7, 11) is 0. The van der Waals surface area contributed by atoms with Gasteiger partial charge < -0.3 is 15.5 Å². The molecule has 6 heteroatoms. The van der Waals surface area contributed by atoms with Gasteiger partial charge >= 0.3 is 0 Å². The molecule has 0 bridgehead atoms. The SMILES string of the molecule is CSc1cccc(NC(=O)CNc2cc(Cl)ccc2N2CCCC2)c1. The van der Waals surface area contributed by atoms with Gasteiger partial charge in [0.05, 0.1) is 17.9 Å². The average Bonchev–Trinajstić information content (AvgIpc) is 3.14. The molecule has 25 heavy (non-hydrogen) atoms. The van der Waals surface area contributed by atoms with E-state index in [1.165, 1.54) is 12.8 Å². The van der Waals surface area contributed by atoms with Crippen LogP contribution >= 0.6 is 23.4 Å². The van der Waals surface area contributed by atoms with Gasteiger partial charge in [-0.25, -0.2) is 0 Å². The summed E-state index contributed by atoms with van der Waals surface area (Å²) in [4.78, 5) is 15.7. The van der Waals surface area contributed by atoms with E-state index < -0.39 is 0 Å². The summed E-state index contributed by atoms with van der Waals surface area (Å²) in [6.07, 6.45) is 4.42. The van der Waals surface area contributed by atoms with Crippen LogP contribution in [0.4, 0.5) is 17.1 Å². The molecule has 0 radical (unpaired) electrons. The number of rotatable bonds is 6. The molecule has 2 aromatic carbocycles. The Labute approximate surface area is 157 Å². The molecule has 0 aliphatic carbocycles. The molecule has 1 heterocycles. The third kappa shape index (κ3) is 4.83. The predicted octanol–water partition coefficient (Wildman–Crippen LogP) is 4.71. The Hall–Kier alpha value is -1.85. The second-order valence-corrected chi connectivity index (χ2v) is 7.31. The number of nitrogens with one attached hydrogen (secondary N) is 2. The summed E-state index contributed by atoms with van der Waals surface area (Å²) in [5, 5.41) is 6.83. The smallest absolute Gasteiger partial charge is 0.243 e. The topological polar surface area (TPSA) is 44.4 Å². The maximum Gasteiger partial charge on any atom is 0.243 e. The van der Waals surface area contributed by atoms with Crippen molar-refractivity contribution in [3.05, 3.63) is 47.5 Å². The van der Waals surface area contributed by atoms with Crippen LogP contribution < -0.4 is 15.5 Å². The number of anilines is 3. The number of hydrogen-bond acceptors (Lipinski definition) is 4. The summed E-state index contributed by atoms with van der Waals surface area (Å²) >= 11 is 7.79. The first kappa shape index (κ1) is 18.0. The highest BCUT2D eigenvalue weighted by Gasteiger charge is 2.16. The van der Waals surface area contributed by atoms with Crippen LogP contribution in [0.2, 0.25) is 5.02 Å². The summed E-state index contributed by atoms with van der Waals surface area (Å²) in [6, 6.07) is 13.6. The molecule has 2 N–H and O–H groups in total. The van der Waals surface area contributed by atoms with Crippen molar-refractivity contribution in [2.24, 2.45) is 0 Å². The molecule has 1 fully saturated rings. The fourth-order valence-electron chi connectivity index (χ4n) is 2.97. The van der Waals surface area contributed by atoms with E-state index in [0.29, 0.717) is 5.02 Å². The zero-order valence-electron chi connectivity index (χ0n) is 14.2. The zero-order valence-corrected chi connectivity index (χ0v) is 15.8. The van der Waals surface area contributed by atoms with Crippen molar-refractivity contribution in [3.8, 4) is 0 Å². The first-order chi connectivity index (χ1) is 12.2. The number of benzene rings is 2. The molecule has 1 aliphatic rings. The van der Waals surface area contributed by atoms with Gasteiger partial charge in [-0.05, 0) is 55.5 Å². The van der Waals surface area contributed by atoms with Crippen LogP contribution in [0.3, 0.4) is 0 Å². The molecule has 1 amide bonds. The molecule has 0 atom stereocenters. The first-order valence-electron chi connectivity index (χ1n) is 8.38. The number of carbonyl (C=O) groups excluding carboxylic acids is 1. The molecule has 1 aliphatic heterocycles. The summed E-state index contributed by atoms with van der Waals surface area (Å²) in [6.45, 7) is 2.29. The Balaban J connectivity index is 1.64. The van der Waals surface area contributed by atoms with Crippen LogP contribution in [0, 0.1) is 0 Å². The van der Waals surface area contributed by atoms with Crippen LogP contribution in [0.15, 0.2) is 47.4 Å². The highest BCUT2D eigenvalue weighted by molar-refractivity contribution is 7.98. The van der Waals surface area contributed by atoms with Crippen LogP contribution in [0.1, 0.15) is 12.8 Å². The molecule has 0 spiro atoms. The number of hydrogen-bond donors (Lipinski definition) is 2. The minimum absolute atomic E-state index is 0.0781. The Bertz CT molecular complexity index is 747. The average molecular weight is 376 g/mol. The van der Waals surface area contributed by atoms with Gasteiger partial charge in [-0.2, -0.15) is 0 Å². The van der Waals surface area contributed by atoms with Gasteiger partial charge in [0.15, 0.2) is 0 Å². The van der Waals surface area contributed by atoms with E-state index >= 15 is 0 Å². The lowest BCUT2D eigenvalue weighted by atomic mass is 10.2. The normalized spacial score (nSPS) is 13.8. The van der Waals surface area contributed by atoms with Crippen molar-refractivity contribution in [1.29, 1.82) is 0 Å². The third-order valence-corrected chi connectivity index (χ3v) is 5.16. The van der Waals surface area contributed by atoms with Crippen LogP contribution in [-0.4, -0.2) is 31.8 Å². The Morgan fingerprint density at radius 2 is 2.00 bits per heavy atom. The maximum atomic E-state index is 12.3. The predicted molar refractivity (Wildman–Crippen MR) is 108 cm³/mol. The van der Waals surface area contributed by atoms with Crippen molar-refractivity contribution < 1.29 is 4.79 Å². The van der Waals surface area contributed by atoms with Crippen molar-refractivity contribution in [2.75, 3.05) is 41.4 Å². The molecule has 0 saturated carbocycles. The van der Waals surface area contributed by atoms with E-state index in [0.717, 1.165) is 35.0 Å². The highest BCUT2D eigenvalue weighted by Crippen LogP contribution is 2.31. The maximum absolute atomic E-state index is 12.3. The molecule has 1 saturated heterocycles. The Morgan fingerprint density at radius 1 is 1.20 bits per heavy atom. The fraction of sp³-hybridized carbons (Fsp3) is 0.316. The standard InChI is InChI=1S/C19H22ClN3OS/c1-25-16-6-4-5-15(12-16)22-19(24)13-21-17-11-14(20)7-8-18(17)23-9-2-3-10-23/h4-8,11-12,21H,2-3,9-10,13H2,1H3,(H,22,24). The van der Waals surface area contributed by atoms with Crippen molar-refractivity contribution in [3.63, 3.8) is 0 Å². The van der Waals surface area contributed by atoms with Gasteiger partial charge in [-0.3, -0.25) is 4.79 Å². The Kier molecular flexibility index (Phi) is 6.10. The summed E-state index contributed by atoms with van der Waals surface area (Å²) in [5.41, 5.74) is 2.83. The Morgan fingerprint density at radius 3 is 2.76 bits per heavy atom. The van der Waals surface area contributed by atoms with Crippen LogP contribution in [0.5, 0.6) is 0 Å². The first-order valence-corrected chi connectivity index (χ1v) is 9.98. The van der Waals surface area contributed by atoms with Gasteiger partial charge in [-0.1, -0.05) is 17.7 Å². The van der Waals surface area contributed by atoms with Gasteiger partial charge in [-0.15, -0.1) is 11.8 Å². The summed E-state index contributed by atoms with van der Waals surface area (Å²) in [5.74, 6) is -0.0781. The molecular formula is C19H22ClN3OS. The number of carbonyl (C=O) groups is 1. The minimum Gasteiger partial charge on any atom is -0.374 e. The second kappa shape index (κ2) is 8.50. The quantitative estimate of drug-likeness (QED) is 0.717. The molecular weight excluding hydrogens is 354 g/mol. The number of thioether (sulfide) groups is 1. The van der Waals surface area contributed by atoms with Gasteiger partial charge in [0, 0.05) is 28.7 Å². The van der Waals surface area contributed by atoms with Crippen LogP contribution in [-0.2, 0) is 4.79 Å². The fourth-order valence-corrected chi connectivity index (χ4v) is 3.60. The largest absolute Gasteiger partial charge is 0.374 e. The van der Waals surface area contributed by atoms with E-state index in [1.54, 1.807) is 11.8 Å². The lowest BCUT2D eigenvalue weighted by Crippen LogP contribution is -2.24. The highest BCUT2D eigenvalue weighted by atomic mass is 35.5. The van der Waals surface area contributed by atoms with Gasteiger partial charge in [0.25, 0.3) is 0 Å².